The highest BCUT2D eigenvalue weighted by Crippen LogP contribution is 2.40. The molecule has 3 aliphatic heterocycles. The van der Waals surface area contributed by atoms with Gasteiger partial charge in [-0.05, 0) is 41.8 Å². The summed E-state index contributed by atoms with van der Waals surface area (Å²) in [4.78, 5) is 18.7. The zero-order chi connectivity index (χ0) is 34.2. The first-order chi connectivity index (χ1) is 22.6. The molecule has 260 valence electrons. The zero-order valence-corrected chi connectivity index (χ0v) is 27.8. The molecule has 3 fully saturated rings. The van der Waals surface area contributed by atoms with Crippen LogP contribution in [0.15, 0.2) is 40.6 Å². The van der Waals surface area contributed by atoms with Crippen LogP contribution < -0.4 is 0 Å². The molecule has 1 aromatic rings. The maximum atomic E-state index is 12.7. The summed E-state index contributed by atoms with van der Waals surface area (Å²) in [5.41, 5.74) is 19.6. The van der Waals surface area contributed by atoms with Crippen molar-refractivity contribution < 1.29 is 47.8 Å². The molecular weight excluding hydrogens is 616 g/mol. The molecule has 0 spiro atoms. The minimum Gasteiger partial charge on any atom is -0.479 e. The average Bonchev–Trinajstić information content (AvgIpc) is 3.06. The van der Waals surface area contributed by atoms with E-state index in [4.69, 9.17) is 37.9 Å². The van der Waals surface area contributed by atoms with Crippen molar-refractivity contribution in [1.82, 2.24) is 0 Å². The molecule has 0 aromatic heterocycles. The predicted octanol–water partition coefficient (Wildman–Crippen LogP) is 4.96. The average molecular weight is 663 g/mol. The number of rotatable bonds is 13. The molecule has 15 atom stereocenters. The van der Waals surface area contributed by atoms with Crippen LogP contribution in [0.4, 0.5) is 0 Å². The largest absolute Gasteiger partial charge is 0.479 e. The van der Waals surface area contributed by atoms with Crippen molar-refractivity contribution in [2.75, 3.05) is 14.2 Å². The molecular formula is C31H46N6O10. The first kappa shape index (κ1) is 36.8. The molecule has 3 heterocycles. The molecule has 0 aliphatic carbocycles. The van der Waals surface area contributed by atoms with Gasteiger partial charge in [-0.15, -0.1) is 0 Å². The van der Waals surface area contributed by atoms with E-state index in [-0.39, 0.29) is 18.6 Å². The number of carboxylic acids is 1. The van der Waals surface area contributed by atoms with Gasteiger partial charge in [0.25, 0.3) is 0 Å². The van der Waals surface area contributed by atoms with Gasteiger partial charge in [-0.3, -0.25) is 0 Å². The monoisotopic (exact) mass is 662 g/mol. The number of nitrogens with zero attached hydrogens (tertiary/aromatic N) is 6. The Morgan fingerprint density at radius 3 is 2.06 bits per heavy atom. The van der Waals surface area contributed by atoms with Crippen LogP contribution in [-0.4, -0.2) is 99.0 Å². The Hall–Kier alpha value is -3.01. The fourth-order valence-electron chi connectivity index (χ4n) is 6.73. The summed E-state index contributed by atoms with van der Waals surface area (Å²) in [6.07, 6.45) is -7.88. The first-order valence-electron chi connectivity index (χ1n) is 15.9. The van der Waals surface area contributed by atoms with Gasteiger partial charge in [0, 0.05) is 30.0 Å². The maximum absolute atomic E-state index is 12.7. The molecule has 0 radical (unpaired) electrons. The van der Waals surface area contributed by atoms with E-state index in [0.29, 0.717) is 6.42 Å². The maximum Gasteiger partial charge on any atom is 0.335 e. The molecule has 16 heteroatoms. The summed E-state index contributed by atoms with van der Waals surface area (Å²) in [7, 11) is 3.01. The Balaban J connectivity index is 1.60. The Morgan fingerprint density at radius 1 is 0.809 bits per heavy atom. The number of methoxy groups -OCH3 is 2. The van der Waals surface area contributed by atoms with Gasteiger partial charge in [0.1, 0.15) is 24.4 Å². The van der Waals surface area contributed by atoms with Crippen molar-refractivity contribution >= 4 is 5.97 Å². The molecule has 4 rings (SSSR count). The van der Waals surface area contributed by atoms with Crippen LogP contribution in [0.3, 0.4) is 0 Å². The lowest BCUT2D eigenvalue weighted by molar-refractivity contribution is -0.344. The highest BCUT2D eigenvalue weighted by Gasteiger charge is 2.53. The molecule has 0 saturated carbocycles. The second-order valence-corrected chi connectivity index (χ2v) is 12.3. The lowest BCUT2D eigenvalue weighted by Gasteiger charge is -2.49. The van der Waals surface area contributed by atoms with E-state index in [1.54, 1.807) is 7.11 Å². The second-order valence-electron chi connectivity index (χ2n) is 12.3. The van der Waals surface area contributed by atoms with Crippen LogP contribution in [0, 0.1) is 17.8 Å². The Morgan fingerprint density at radius 2 is 1.47 bits per heavy atom. The number of carboxylic acid groups (broad SMARTS) is 1. The molecule has 16 nitrogen and oxygen atoms in total. The highest BCUT2D eigenvalue weighted by molar-refractivity contribution is 5.73. The van der Waals surface area contributed by atoms with Gasteiger partial charge in [0.15, 0.2) is 25.0 Å². The van der Waals surface area contributed by atoms with Gasteiger partial charge in [-0.25, -0.2) is 4.79 Å². The van der Waals surface area contributed by atoms with Gasteiger partial charge in [0.05, 0.1) is 31.0 Å². The molecule has 3 aliphatic rings. The van der Waals surface area contributed by atoms with Crippen LogP contribution in [0.1, 0.15) is 46.6 Å². The van der Waals surface area contributed by atoms with Crippen molar-refractivity contribution in [2.24, 2.45) is 28.0 Å². The standard InChI is InChI=1S/C31H46N6O10/c1-8-20-25(26(22(35-37-33)30(41-7)44-20)42-14-19-12-10-9-11-13-19)46-29-16(3)15(2)24(27(47-29)28(38)39)45-31-21(34-36-32)17(4)23(40-6)18(5)43-31/h9-13,15-18,20-27,29-31H,8,14H2,1-7H3,(H,38,39)/t15?,16?,17-,18?,20?,21+,22+,23?,24+,25?,26+,27-,29-,30?,31?/m1/s1. The third-order valence-electron chi connectivity index (χ3n) is 9.51. The lowest BCUT2D eigenvalue weighted by atomic mass is 9.83. The Labute approximate surface area is 274 Å². The molecule has 1 N–H and O–H groups in total. The third-order valence-corrected chi connectivity index (χ3v) is 9.51. The summed E-state index contributed by atoms with van der Waals surface area (Å²) in [5.74, 6) is -2.36. The lowest BCUT2D eigenvalue weighted by Crippen LogP contribution is -2.62. The van der Waals surface area contributed by atoms with Crippen LogP contribution in [0.25, 0.3) is 20.9 Å². The predicted molar refractivity (Wildman–Crippen MR) is 166 cm³/mol. The fraction of sp³-hybridized carbons (Fsp3) is 0.774. The van der Waals surface area contributed by atoms with Crippen LogP contribution in [0.5, 0.6) is 0 Å². The Bertz CT molecular complexity index is 1270. The van der Waals surface area contributed by atoms with Gasteiger partial charge < -0.3 is 43.0 Å². The summed E-state index contributed by atoms with van der Waals surface area (Å²) < 4.78 is 48.8. The normalized spacial score (nSPS) is 40.5. The minimum absolute atomic E-state index is 0.190. The molecule has 0 bridgehead atoms. The number of hydrogen-bond donors (Lipinski definition) is 1. The molecule has 0 amide bonds. The fourth-order valence-corrected chi connectivity index (χ4v) is 6.73. The third kappa shape index (κ3) is 8.18. The number of carbonyl (C=O) groups is 1. The Kier molecular flexibility index (Phi) is 13.2. The van der Waals surface area contributed by atoms with Gasteiger partial charge in [-0.2, -0.15) is 0 Å². The van der Waals surface area contributed by atoms with E-state index in [9.17, 15) is 21.0 Å². The van der Waals surface area contributed by atoms with E-state index >= 15 is 0 Å². The van der Waals surface area contributed by atoms with E-state index in [2.05, 4.69) is 20.1 Å². The summed E-state index contributed by atoms with van der Waals surface area (Å²) >= 11 is 0. The molecule has 8 unspecified atom stereocenters. The van der Waals surface area contributed by atoms with Gasteiger partial charge in [0.2, 0.25) is 0 Å². The smallest absolute Gasteiger partial charge is 0.335 e. The van der Waals surface area contributed by atoms with Crippen LogP contribution in [0.2, 0.25) is 0 Å². The number of ether oxygens (including phenoxy) is 8. The van der Waals surface area contributed by atoms with E-state index in [1.165, 1.54) is 7.11 Å². The van der Waals surface area contributed by atoms with E-state index in [0.717, 1.165) is 5.56 Å². The number of azide groups is 2. The quantitative estimate of drug-likeness (QED) is 0.170. The van der Waals surface area contributed by atoms with Crippen molar-refractivity contribution in [3.8, 4) is 0 Å². The number of aliphatic carboxylic acids is 1. The van der Waals surface area contributed by atoms with Gasteiger partial charge in [-0.1, -0.05) is 68.3 Å². The summed E-state index contributed by atoms with van der Waals surface area (Å²) in [6.45, 7) is 9.51. The molecule has 3 saturated heterocycles. The topological polar surface area (TPSA) is 209 Å². The van der Waals surface area contributed by atoms with Crippen molar-refractivity contribution in [1.29, 1.82) is 0 Å². The van der Waals surface area contributed by atoms with E-state index < -0.39 is 85.4 Å². The highest BCUT2D eigenvalue weighted by atomic mass is 16.7. The number of benzene rings is 1. The summed E-state index contributed by atoms with van der Waals surface area (Å²) in [6, 6.07) is 7.82. The first-order valence-corrected chi connectivity index (χ1v) is 15.9. The SMILES string of the molecule is CCC1OC(OC)[C@@H](N=[N+]=[N-])[C@H](OCc2ccccc2)C1O[C@@H]1O[C@@H](C(=O)O)[C@@H](OC2OC(C)C(OC)[C@H](C)[C@@H]2N=[N+]=[N-])C(C)C1C. The molecule has 1 aromatic carbocycles. The van der Waals surface area contributed by atoms with Crippen molar-refractivity contribution in [3.63, 3.8) is 0 Å². The summed E-state index contributed by atoms with van der Waals surface area (Å²) in [5, 5.41) is 18.2. The molecule has 47 heavy (non-hydrogen) atoms. The van der Waals surface area contributed by atoms with Crippen molar-refractivity contribution in [3.05, 3.63) is 56.8 Å². The van der Waals surface area contributed by atoms with E-state index in [1.807, 2.05) is 65.0 Å². The number of hydrogen-bond acceptors (Lipinski definition) is 11. The van der Waals surface area contributed by atoms with Crippen LogP contribution >= 0.6 is 0 Å². The zero-order valence-electron chi connectivity index (χ0n) is 27.8. The van der Waals surface area contributed by atoms with Crippen LogP contribution in [-0.2, 0) is 49.3 Å². The second kappa shape index (κ2) is 16.9. The van der Waals surface area contributed by atoms with Crippen molar-refractivity contribution in [2.45, 2.75) is 121 Å². The minimum atomic E-state index is -1.46. The van der Waals surface area contributed by atoms with Gasteiger partial charge >= 0.3 is 5.97 Å².